The molecule has 6 nitrogen and oxygen atoms in total. The number of hydrogen-bond donors (Lipinski definition) is 0. The van der Waals surface area contributed by atoms with E-state index in [2.05, 4.69) is 19.7 Å². The van der Waals surface area contributed by atoms with Crippen molar-refractivity contribution in [2.75, 3.05) is 20.6 Å². The minimum Gasteiger partial charge on any atom is -0.326 e. The Balaban J connectivity index is 1.86. The lowest BCUT2D eigenvalue weighted by Crippen LogP contribution is -2.50. The molecular weight excluding hydrogens is 314 g/mol. The molecule has 0 spiro atoms. The largest absolute Gasteiger partial charge is 0.326 e. The van der Waals surface area contributed by atoms with Crippen molar-refractivity contribution in [3.05, 3.63) is 53.6 Å². The van der Waals surface area contributed by atoms with Gasteiger partial charge >= 0.3 is 0 Å². The Morgan fingerprint density at radius 1 is 1.28 bits per heavy atom. The molecule has 1 aliphatic rings. The van der Waals surface area contributed by atoms with E-state index in [-0.39, 0.29) is 11.9 Å². The zero-order valence-corrected chi connectivity index (χ0v) is 15.3. The molecule has 1 aromatic heterocycles. The molecule has 1 aliphatic heterocycles. The van der Waals surface area contributed by atoms with Gasteiger partial charge in [0.2, 0.25) is 5.91 Å². The molecule has 0 saturated carbocycles. The van der Waals surface area contributed by atoms with E-state index in [4.69, 9.17) is 0 Å². The Labute approximate surface area is 148 Å². The fourth-order valence-electron chi connectivity index (χ4n) is 3.26. The average Bonchev–Trinajstić information content (AvgIpc) is 2.95. The maximum atomic E-state index is 13.0. The number of fused-ring (bicyclic) bond motifs is 1. The average molecular weight is 339 g/mol. The molecule has 0 radical (unpaired) electrons. The van der Waals surface area contributed by atoms with Crippen LogP contribution >= 0.6 is 0 Å². The summed E-state index contributed by atoms with van der Waals surface area (Å²) in [6.07, 6.45) is 1.73. The van der Waals surface area contributed by atoms with Crippen LogP contribution in [0.25, 0.3) is 5.57 Å². The van der Waals surface area contributed by atoms with Crippen molar-refractivity contribution in [2.24, 2.45) is 0 Å². The number of carbonyl (C=O) groups is 1. The summed E-state index contributed by atoms with van der Waals surface area (Å²) in [6, 6.07) is 10.1. The summed E-state index contributed by atoms with van der Waals surface area (Å²) in [5.41, 5.74) is 2.04. The van der Waals surface area contributed by atoms with Gasteiger partial charge < -0.3 is 14.4 Å². The first-order valence-corrected chi connectivity index (χ1v) is 8.53. The Kier molecular flexibility index (Phi) is 4.99. The van der Waals surface area contributed by atoms with Gasteiger partial charge in [0.1, 0.15) is 5.82 Å². The van der Waals surface area contributed by atoms with E-state index >= 15 is 0 Å². The predicted molar refractivity (Wildman–Crippen MR) is 97.7 cm³/mol. The molecule has 132 valence electrons. The molecule has 1 amide bonds. The van der Waals surface area contributed by atoms with Gasteiger partial charge in [-0.25, -0.2) is 0 Å². The highest BCUT2D eigenvalue weighted by Crippen LogP contribution is 2.20. The van der Waals surface area contributed by atoms with Crippen LogP contribution in [0.1, 0.15) is 24.1 Å². The summed E-state index contributed by atoms with van der Waals surface area (Å²) in [6.45, 7) is 5.97. The lowest BCUT2D eigenvalue weighted by atomic mass is 10.1. The molecule has 0 fully saturated rings. The number of carbonyl (C=O) groups excluding carboxylic acids is 1. The zero-order chi connectivity index (χ0) is 18.0. The quantitative estimate of drug-likeness (QED) is 0.799. The molecule has 6 heteroatoms. The Morgan fingerprint density at radius 2 is 2.00 bits per heavy atom. The van der Waals surface area contributed by atoms with Crippen LogP contribution in [0.2, 0.25) is 0 Å². The number of aryl methyl sites for hydroxylation is 1. The molecule has 1 unspecified atom stereocenters. The van der Waals surface area contributed by atoms with E-state index < -0.39 is 0 Å². The van der Waals surface area contributed by atoms with Crippen LogP contribution in [-0.2, 0) is 17.9 Å². The van der Waals surface area contributed by atoms with Crippen molar-refractivity contribution >= 4 is 11.5 Å². The number of nitrogens with zero attached hydrogens (tertiary/aromatic N) is 5. The van der Waals surface area contributed by atoms with Gasteiger partial charge in [0.25, 0.3) is 0 Å². The second-order valence-electron chi connectivity index (χ2n) is 6.85. The number of rotatable bonds is 4. The molecule has 25 heavy (non-hydrogen) atoms. The van der Waals surface area contributed by atoms with Crippen LogP contribution in [0.5, 0.6) is 0 Å². The fraction of sp³-hybridized carbons (Fsp3) is 0.421. The summed E-state index contributed by atoms with van der Waals surface area (Å²) in [5, 5.41) is 8.38. The first kappa shape index (κ1) is 17.4. The number of amides is 1. The summed E-state index contributed by atoms with van der Waals surface area (Å²) in [5.74, 6) is 1.79. The molecule has 1 aromatic carbocycles. The number of aromatic nitrogens is 3. The van der Waals surface area contributed by atoms with Crippen molar-refractivity contribution in [2.45, 2.75) is 33.0 Å². The van der Waals surface area contributed by atoms with Crippen molar-refractivity contribution < 1.29 is 4.79 Å². The van der Waals surface area contributed by atoms with Gasteiger partial charge in [-0.3, -0.25) is 4.79 Å². The van der Waals surface area contributed by atoms with E-state index in [1.807, 2.05) is 63.2 Å². The molecule has 0 saturated heterocycles. The van der Waals surface area contributed by atoms with Gasteiger partial charge in [0.15, 0.2) is 5.82 Å². The van der Waals surface area contributed by atoms with Crippen molar-refractivity contribution in [1.82, 2.24) is 24.6 Å². The molecule has 2 heterocycles. The first-order valence-electron chi connectivity index (χ1n) is 8.53. The van der Waals surface area contributed by atoms with Gasteiger partial charge in [0, 0.05) is 19.2 Å². The number of hydrogen-bond acceptors (Lipinski definition) is 4. The molecule has 1 atom stereocenters. The first-order chi connectivity index (χ1) is 12.0. The summed E-state index contributed by atoms with van der Waals surface area (Å²) < 4.78 is 2.12. The monoisotopic (exact) mass is 339 g/mol. The second-order valence-corrected chi connectivity index (χ2v) is 6.85. The van der Waals surface area contributed by atoms with Crippen LogP contribution in [0.15, 0.2) is 36.4 Å². The molecule has 0 N–H and O–H groups in total. The van der Waals surface area contributed by atoms with Crippen LogP contribution in [-0.4, -0.2) is 57.2 Å². The summed E-state index contributed by atoms with van der Waals surface area (Å²) in [4.78, 5) is 17.0. The van der Waals surface area contributed by atoms with Crippen LogP contribution in [0.3, 0.4) is 0 Å². The lowest BCUT2D eigenvalue weighted by molar-refractivity contribution is -0.130. The highest BCUT2D eigenvalue weighted by molar-refractivity contribution is 5.95. The SMILES string of the molecule is C/C(=C\C(=O)N1Cc2nnc(C)n2CC1CN(C)C)c1ccccc1. The highest BCUT2D eigenvalue weighted by atomic mass is 16.2. The van der Waals surface area contributed by atoms with Gasteiger partial charge in [-0.15, -0.1) is 10.2 Å². The van der Waals surface area contributed by atoms with Crippen molar-refractivity contribution in [3.8, 4) is 0 Å². The topological polar surface area (TPSA) is 54.3 Å². The molecule has 3 rings (SSSR count). The van der Waals surface area contributed by atoms with Gasteiger partial charge in [-0.1, -0.05) is 30.3 Å². The van der Waals surface area contributed by atoms with Gasteiger partial charge in [-0.2, -0.15) is 0 Å². The third-order valence-corrected chi connectivity index (χ3v) is 4.59. The molecule has 0 aliphatic carbocycles. The number of likely N-dealkylation sites (N-methyl/N-ethyl adjacent to an activating group) is 1. The Morgan fingerprint density at radius 3 is 2.68 bits per heavy atom. The van der Waals surface area contributed by atoms with E-state index in [0.29, 0.717) is 6.54 Å². The molecular formula is C19H25N5O. The van der Waals surface area contributed by atoms with Crippen molar-refractivity contribution in [3.63, 3.8) is 0 Å². The second kappa shape index (κ2) is 7.19. The summed E-state index contributed by atoms with van der Waals surface area (Å²) in [7, 11) is 4.06. The number of benzene rings is 1. The van der Waals surface area contributed by atoms with Gasteiger partial charge in [0.05, 0.1) is 12.6 Å². The van der Waals surface area contributed by atoms with Gasteiger partial charge in [-0.05, 0) is 39.1 Å². The maximum absolute atomic E-state index is 13.0. The van der Waals surface area contributed by atoms with E-state index in [9.17, 15) is 4.79 Å². The van der Waals surface area contributed by atoms with Crippen LogP contribution < -0.4 is 0 Å². The van der Waals surface area contributed by atoms with E-state index in [0.717, 1.165) is 35.9 Å². The minimum absolute atomic E-state index is 0.0279. The van der Waals surface area contributed by atoms with E-state index in [1.165, 1.54) is 0 Å². The number of allylic oxidation sites excluding steroid dienone is 1. The maximum Gasteiger partial charge on any atom is 0.247 e. The third kappa shape index (κ3) is 3.79. The molecule has 2 aromatic rings. The fourth-order valence-corrected chi connectivity index (χ4v) is 3.26. The van der Waals surface area contributed by atoms with Crippen LogP contribution in [0, 0.1) is 6.92 Å². The Hall–Kier alpha value is -2.47. The van der Waals surface area contributed by atoms with Crippen LogP contribution in [0.4, 0.5) is 0 Å². The predicted octanol–water partition coefficient (Wildman–Crippen LogP) is 1.96. The minimum atomic E-state index is 0.0279. The zero-order valence-electron chi connectivity index (χ0n) is 15.3. The summed E-state index contributed by atoms with van der Waals surface area (Å²) >= 11 is 0. The lowest BCUT2D eigenvalue weighted by Gasteiger charge is -2.37. The molecule has 0 bridgehead atoms. The smallest absolute Gasteiger partial charge is 0.247 e. The Bertz CT molecular complexity index is 778. The third-order valence-electron chi connectivity index (χ3n) is 4.59. The highest BCUT2D eigenvalue weighted by Gasteiger charge is 2.31. The van der Waals surface area contributed by atoms with E-state index in [1.54, 1.807) is 6.08 Å². The standard InChI is InChI=1S/C19H25N5O/c1-14(16-8-6-5-7-9-16)10-19(25)24-13-18-21-20-15(2)23(18)12-17(24)11-22(3)4/h5-10,17H,11-13H2,1-4H3/b14-10+. The normalized spacial score (nSPS) is 17.7. The van der Waals surface area contributed by atoms with Crippen molar-refractivity contribution in [1.29, 1.82) is 0 Å².